The summed E-state index contributed by atoms with van der Waals surface area (Å²) in [4.78, 5) is 19.2. The molecule has 160 valence electrons. The molecule has 4 rings (SSSR count). The van der Waals surface area contributed by atoms with E-state index in [0.29, 0.717) is 40.3 Å². The Hall–Kier alpha value is -2.63. The normalized spacial score (nSPS) is 14.5. The molecule has 0 radical (unpaired) electrons. The molecule has 1 aromatic heterocycles. The standard InChI is InChI=1S/C24H22Cl2FN3O/c1-15-2-7-19(12-21(15)25)29-23-20(13-28-14-22(23)26)24(31)30-10-8-17(9-11-30)16-3-5-18(27)6-4-16/h2-7,12-14,17H,8-11H2,1H3,(H,28,29). The van der Waals surface area contributed by atoms with E-state index < -0.39 is 0 Å². The minimum atomic E-state index is -0.236. The molecule has 0 spiro atoms. The van der Waals surface area contributed by atoms with Gasteiger partial charge in [-0.25, -0.2) is 4.39 Å². The smallest absolute Gasteiger partial charge is 0.257 e. The number of benzene rings is 2. The van der Waals surface area contributed by atoms with E-state index in [4.69, 9.17) is 23.2 Å². The average molecular weight is 458 g/mol. The van der Waals surface area contributed by atoms with Crippen LogP contribution >= 0.6 is 23.2 Å². The molecule has 7 heteroatoms. The van der Waals surface area contributed by atoms with Crippen LogP contribution < -0.4 is 5.32 Å². The molecule has 0 unspecified atom stereocenters. The number of hydrogen-bond donors (Lipinski definition) is 1. The quantitative estimate of drug-likeness (QED) is 0.479. The Morgan fingerprint density at radius 2 is 1.77 bits per heavy atom. The first-order chi connectivity index (χ1) is 14.9. The van der Waals surface area contributed by atoms with Gasteiger partial charge >= 0.3 is 0 Å². The minimum Gasteiger partial charge on any atom is -0.354 e. The Bertz CT molecular complexity index is 1100. The Morgan fingerprint density at radius 3 is 2.45 bits per heavy atom. The molecule has 0 bridgehead atoms. The predicted molar refractivity (Wildman–Crippen MR) is 123 cm³/mol. The predicted octanol–water partition coefficient (Wildman–Crippen LogP) is 6.60. The van der Waals surface area contributed by atoms with E-state index in [0.717, 1.165) is 29.7 Å². The van der Waals surface area contributed by atoms with Gasteiger partial charge in [-0.3, -0.25) is 9.78 Å². The van der Waals surface area contributed by atoms with E-state index in [2.05, 4.69) is 10.3 Å². The topological polar surface area (TPSA) is 45.2 Å². The molecule has 1 fully saturated rings. The van der Waals surface area contributed by atoms with E-state index in [-0.39, 0.29) is 11.7 Å². The van der Waals surface area contributed by atoms with Gasteiger partial charge in [0.05, 0.1) is 16.3 Å². The molecule has 1 amide bonds. The number of carbonyl (C=O) groups is 1. The van der Waals surface area contributed by atoms with Crippen LogP contribution in [0.1, 0.15) is 40.2 Å². The summed E-state index contributed by atoms with van der Waals surface area (Å²) in [5.74, 6) is -0.0394. The van der Waals surface area contributed by atoms with Gasteiger partial charge in [-0.1, -0.05) is 41.4 Å². The van der Waals surface area contributed by atoms with Crippen molar-refractivity contribution >= 4 is 40.5 Å². The number of likely N-dealkylation sites (tertiary alicyclic amines) is 1. The molecule has 0 aliphatic carbocycles. The summed E-state index contributed by atoms with van der Waals surface area (Å²) in [7, 11) is 0. The maximum atomic E-state index is 13.3. The largest absolute Gasteiger partial charge is 0.354 e. The number of piperidine rings is 1. The molecular weight excluding hydrogens is 436 g/mol. The number of hydrogen-bond acceptors (Lipinski definition) is 3. The third kappa shape index (κ3) is 4.83. The van der Waals surface area contributed by atoms with Crippen molar-refractivity contribution in [3.63, 3.8) is 0 Å². The Balaban J connectivity index is 1.50. The average Bonchev–Trinajstić information content (AvgIpc) is 2.78. The highest BCUT2D eigenvalue weighted by atomic mass is 35.5. The Kier molecular flexibility index (Phi) is 6.44. The van der Waals surface area contributed by atoms with Crippen molar-refractivity contribution in [1.82, 2.24) is 9.88 Å². The molecule has 0 atom stereocenters. The number of amides is 1. The molecule has 2 heterocycles. The van der Waals surface area contributed by atoms with Crippen molar-refractivity contribution < 1.29 is 9.18 Å². The monoisotopic (exact) mass is 457 g/mol. The summed E-state index contributed by atoms with van der Waals surface area (Å²) in [5, 5.41) is 4.22. The molecule has 2 aromatic carbocycles. The van der Waals surface area contributed by atoms with Gasteiger partial charge in [-0.15, -0.1) is 0 Å². The van der Waals surface area contributed by atoms with Crippen LogP contribution in [0.5, 0.6) is 0 Å². The molecule has 31 heavy (non-hydrogen) atoms. The number of anilines is 2. The first-order valence-corrected chi connectivity index (χ1v) is 10.9. The lowest BCUT2D eigenvalue weighted by Gasteiger charge is -2.32. The van der Waals surface area contributed by atoms with Crippen LogP contribution in [0.15, 0.2) is 54.9 Å². The first kappa shape index (κ1) is 21.6. The number of aryl methyl sites for hydroxylation is 1. The first-order valence-electron chi connectivity index (χ1n) is 10.1. The molecule has 1 aliphatic rings. The zero-order chi connectivity index (χ0) is 22.0. The van der Waals surface area contributed by atoms with Gasteiger partial charge in [0.25, 0.3) is 5.91 Å². The lowest BCUT2D eigenvalue weighted by Crippen LogP contribution is -2.38. The summed E-state index contributed by atoms with van der Waals surface area (Å²) < 4.78 is 13.2. The second-order valence-corrected chi connectivity index (χ2v) is 8.57. The van der Waals surface area contributed by atoms with E-state index in [1.165, 1.54) is 18.3 Å². The van der Waals surface area contributed by atoms with Gasteiger partial charge in [0.2, 0.25) is 0 Å². The van der Waals surface area contributed by atoms with Crippen LogP contribution in [0.2, 0.25) is 10.0 Å². The van der Waals surface area contributed by atoms with E-state index in [9.17, 15) is 9.18 Å². The maximum absolute atomic E-state index is 13.3. The molecule has 1 saturated heterocycles. The summed E-state index contributed by atoms with van der Waals surface area (Å²) in [5.41, 5.74) is 3.75. The van der Waals surface area contributed by atoms with Gasteiger partial charge in [-0.05, 0) is 61.1 Å². The number of halogens is 3. The maximum Gasteiger partial charge on any atom is 0.257 e. The number of rotatable bonds is 4. The molecule has 1 aliphatic heterocycles. The SMILES string of the molecule is Cc1ccc(Nc2c(Cl)cncc2C(=O)N2CCC(c3ccc(F)cc3)CC2)cc1Cl. The highest BCUT2D eigenvalue weighted by Crippen LogP contribution is 2.33. The number of carbonyl (C=O) groups excluding carboxylic acids is 1. The zero-order valence-electron chi connectivity index (χ0n) is 17.0. The molecule has 4 nitrogen and oxygen atoms in total. The number of nitrogens with one attached hydrogen (secondary N) is 1. The van der Waals surface area contributed by atoms with Crippen LogP contribution in [-0.4, -0.2) is 28.9 Å². The van der Waals surface area contributed by atoms with Gasteiger partial charge in [0.1, 0.15) is 5.82 Å². The van der Waals surface area contributed by atoms with Gasteiger partial charge in [-0.2, -0.15) is 0 Å². The van der Waals surface area contributed by atoms with Gasteiger partial charge in [0, 0.05) is 36.2 Å². The third-order valence-corrected chi connectivity index (χ3v) is 6.39. The van der Waals surface area contributed by atoms with Crippen LogP contribution in [-0.2, 0) is 0 Å². The highest BCUT2D eigenvalue weighted by molar-refractivity contribution is 6.34. The fraction of sp³-hybridized carbons (Fsp3) is 0.250. The van der Waals surface area contributed by atoms with E-state index in [1.807, 2.05) is 36.1 Å². The van der Waals surface area contributed by atoms with Crippen LogP contribution in [0.3, 0.4) is 0 Å². The summed E-state index contributed by atoms with van der Waals surface area (Å²) in [6.45, 7) is 3.16. The second kappa shape index (κ2) is 9.25. The van der Waals surface area contributed by atoms with Crippen molar-refractivity contribution in [2.75, 3.05) is 18.4 Å². The number of aromatic nitrogens is 1. The number of nitrogens with zero attached hydrogens (tertiary/aromatic N) is 2. The van der Waals surface area contributed by atoms with Crippen molar-refractivity contribution in [2.45, 2.75) is 25.7 Å². The summed E-state index contributed by atoms with van der Waals surface area (Å²) in [6.07, 6.45) is 4.69. The van der Waals surface area contributed by atoms with E-state index >= 15 is 0 Å². The van der Waals surface area contributed by atoms with Crippen LogP contribution in [0, 0.1) is 12.7 Å². The molecular formula is C24H22Cl2FN3O. The van der Waals surface area contributed by atoms with E-state index in [1.54, 1.807) is 12.3 Å². The second-order valence-electron chi connectivity index (χ2n) is 7.75. The molecule has 3 aromatic rings. The van der Waals surface area contributed by atoms with Gasteiger partial charge < -0.3 is 10.2 Å². The minimum absolute atomic E-state index is 0.117. The van der Waals surface area contributed by atoms with Crippen molar-refractivity contribution in [3.8, 4) is 0 Å². The van der Waals surface area contributed by atoms with Crippen LogP contribution in [0.4, 0.5) is 15.8 Å². The number of pyridine rings is 1. The van der Waals surface area contributed by atoms with Crippen molar-refractivity contribution in [1.29, 1.82) is 0 Å². The fourth-order valence-electron chi connectivity index (χ4n) is 3.86. The fourth-order valence-corrected chi connectivity index (χ4v) is 4.25. The Labute approximate surface area is 191 Å². The molecule has 0 saturated carbocycles. The Morgan fingerprint density at radius 1 is 1.06 bits per heavy atom. The van der Waals surface area contributed by atoms with Crippen molar-refractivity contribution in [2.24, 2.45) is 0 Å². The molecule has 1 N–H and O–H groups in total. The zero-order valence-corrected chi connectivity index (χ0v) is 18.6. The summed E-state index contributed by atoms with van der Waals surface area (Å²) in [6, 6.07) is 12.2. The van der Waals surface area contributed by atoms with Crippen LogP contribution in [0.25, 0.3) is 0 Å². The lowest BCUT2D eigenvalue weighted by atomic mass is 9.89. The highest BCUT2D eigenvalue weighted by Gasteiger charge is 2.27. The van der Waals surface area contributed by atoms with Crippen molar-refractivity contribution in [3.05, 3.63) is 87.4 Å². The summed E-state index contributed by atoms with van der Waals surface area (Å²) >= 11 is 12.6. The third-order valence-electron chi connectivity index (χ3n) is 5.69. The lowest BCUT2D eigenvalue weighted by molar-refractivity contribution is 0.0713. The van der Waals surface area contributed by atoms with Gasteiger partial charge in [0.15, 0.2) is 0 Å².